The smallest absolute Gasteiger partial charge is 0.114 e. The summed E-state index contributed by atoms with van der Waals surface area (Å²) >= 11 is 5.09. The van der Waals surface area contributed by atoms with Crippen LogP contribution < -0.4 is 5.73 Å². The Balaban J connectivity index is 2.52. The number of nitrogen functional groups attached to an aromatic ring is 1. The van der Waals surface area contributed by atoms with E-state index in [9.17, 15) is 0 Å². The SMILES string of the molecule is CC(C)c1nc(-c2ccccc2Br)c(N)s1. The number of anilines is 1. The first-order valence-corrected chi connectivity index (χ1v) is 6.71. The minimum atomic E-state index is 0.420. The van der Waals surface area contributed by atoms with Crippen LogP contribution in [0.4, 0.5) is 5.00 Å². The second-order valence-electron chi connectivity index (χ2n) is 3.90. The highest BCUT2D eigenvalue weighted by Gasteiger charge is 2.14. The molecule has 0 bridgehead atoms. The molecular weight excluding hydrogens is 284 g/mol. The van der Waals surface area contributed by atoms with Crippen LogP contribution in [0.1, 0.15) is 24.8 Å². The van der Waals surface area contributed by atoms with Crippen LogP contribution in [0.15, 0.2) is 28.7 Å². The zero-order valence-corrected chi connectivity index (χ0v) is 11.6. The molecule has 2 aromatic rings. The molecule has 1 heterocycles. The van der Waals surface area contributed by atoms with Crippen molar-refractivity contribution in [3.8, 4) is 11.3 Å². The van der Waals surface area contributed by atoms with Gasteiger partial charge in [-0.15, -0.1) is 11.3 Å². The first kappa shape index (κ1) is 11.6. The Bertz CT molecular complexity index is 505. The Morgan fingerprint density at radius 2 is 2.00 bits per heavy atom. The second kappa shape index (κ2) is 4.55. The lowest BCUT2D eigenvalue weighted by atomic mass is 10.1. The van der Waals surface area contributed by atoms with E-state index in [4.69, 9.17) is 5.73 Å². The quantitative estimate of drug-likeness (QED) is 0.898. The molecule has 0 atom stereocenters. The fraction of sp³-hybridized carbons (Fsp3) is 0.250. The van der Waals surface area contributed by atoms with Crippen molar-refractivity contribution >= 4 is 32.3 Å². The van der Waals surface area contributed by atoms with Gasteiger partial charge in [0.1, 0.15) is 10.7 Å². The van der Waals surface area contributed by atoms with E-state index in [2.05, 4.69) is 34.8 Å². The maximum Gasteiger partial charge on any atom is 0.114 e. The van der Waals surface area contributed by atoms with Gasteiger partial charge in [-0.1, -0.05) is 48.0 Å². The monoisotopic (exact) mass is 296 g/mol. The molecule has 0 aliphatic rings. The maximum atomic E-state index is 6.02. The van der Waals surface area contributed by atoms with Crippen LogP contribution in [0, 0.1) is 0 Å². The van der Waals surface area contributed by atoms with E-state index < -0.39 is 0 Å². The van der Waals surface area contributed by atoms with E-state index in [0.717, 1.165) is 25.7 Å². The van der Waals surface area contributed by atoms with Crippen LogP contribution in [-0.4, -0.2) is 4.98 Å². The van der Waals surface area contributed by atoms with Gasteiger partial charge in [0, 0.05) is 16.0 Å². The van der Waals surface area contributed by atoms with E-state index >= 15 is 0 Å². The third-order valence-corrected chi connectivity index (χ3v) is 4.17. The molecule has 2 nitrogen and oxygen atoms in total. The van der Waals surface area contributed by atoms with Gasteiger partial charge >= 0.3 is 0 Å². The predicted octanol–water partition coefficient (Wildman–Crippen LogP) is 4.28. The third-order valence-electron chi connectivity index (χ3n) is 2.29. The molecule has 0 saturated carbocycles. The predicted molar refractivity (Wildman–Crippen MR) is 73.8 cm³/mol. The van der Waals surface area contributed by atoms with Crippen LogP contribution in [0.3, 0.4) is 0 Å². The molecule has 0 aliphatic heterocycles. The van der Waals surface area contributed by atoms with E-state index in [1.807, 2.05) is 24.3 Å². The molecular formula is C12H13BrN2S. The van der Waals surface area contributed by atoms with Crippen molar-refractivity contribution in [1.82, 2.24) is 4.98 Å². The first-order chi connectivity index (χ1) is 7.59. The molecule has 0 unspecified atom stereocenters. The molecule has 1 aromatic heterocycles. The summed E-state index contributed by atoms with van der Waals surface area (Å²) in [6, 6.07) is 8.01. The van der Waals surface area contributed by atoms with Gasteiger partial charge in [0.15, 0.2) is 0 Å². The number of halogens is 1. The van der Waals surface area contributed by atoms with E-state index in [1.165, 1.54) is 0 Å². The molecule has 0 spiro atoms. The number of hydrogen-bond donors (Lipinski definition) is 1. The van der Waals surface area contributed by atoms with Gasteiger partial charge in [-0.25, -0.2) is 4.98 Å². The average Bonchev–Trinajstić information content (AvgIpc) is 2.61. The van der Waals surface area contributed by atoms with Gasteiger partial charge in [0.2, 0.25) is 0 Å². The summed E-state index contributed by atoms with van der Waals surface area (Å²) in [5.74, 6) is 0.420. The minimum Gasteiger partial charge on any atom is -0.389 e. The van der Waals surface area contributed by atoms with Gasteiger partial charge < -0.3 is 5.73 Å². The molecule has 0 saturated heterocycles. The Labute approximate surface area is 108 Å². The van der Waals surface area contributed by atoms with Gasteiger partial charge in [0.05, 0.1) is 5.01 Å². The van der Waals surface area contributed by atoms with Crippen LogP contribution in [0.2, 0.25) is 0 Å². The summed E-state index contributed by atoms with van der Waals surface area (Å²) < 4.78 is 1.03. The highest BCUT2D eigenvalue weighted by atomic mass is 79.9. The highest BCUT2D eigenvalue weighted by molar-refractivity contribution is 9.10. The Morgan fingerprint density at radius 1 is 1.31 bits per heavy atom. The van der Waals surface area contributed by atoms with Crippen molar-refractivity contribution in [2.75, 3.05) is 5.73 Å². The zero-order chi connectivity index (χ0) is 11.7. The Kier molecular flexibility index (Phi) is 3.30. The lowest BCUT2D eigenvalue weighted by Gasteiger charge is -2.01. The number of rotatable bonds is 2. The van der Waals surface area contributed by atoms with Crippen LogP contribution in [-0.2, 0) is 0 Å². The van der Waals surface area contributed by atoms with Gasteiger partial charge in [-0.2, -0.15) is 0 Å². The van der Waals surface area contributed by atoms with Crippen LogP contribution in [0.25, 0.3) is 11.3 Å². The number of hydrogen-bond acceptors (Lipinski definition) is 3. The van der Waals surface area contributed by atoms with Crippen LogP contribution >= 0.6 is 27.3 Å². The third kappa shape index (κ3) is 2.13. The van der Waals surface area contributed by atoms with Crippen molar-refractivity contribution in [2.24, 2.45) is 0 Å². The maximum absolute atomic E-state index is 6.02. The molecule has 16 heavy (non-hydrogen) atoms. The summed E-state index contributed by atoms with van der Waals surface area (Å²) in [6.45, 7) is 4.25. The normalized spacial score (nSPS) is 11.0. The standard InChI is InChI=1S/C12H13BrN2S/c1-7(2)12-15-10(11(14)16-12)8-5-3-4-6-9(8)13/h3-7H,14H2,1-2H3. The van der Waals surface area contributed by atoms with Gasteiger partial charge in [0.25, 0.3) is 0 Å². The van der Waals surface area contributed by atoms with Gasteiger partial charge in [-0.05, 0) is 6.07 Å². The molecule has 1 aromatic carbocycles. The van der Waals surface area contributed by atoms with Gasteiger partial charge in [-0.3, -0.25) is 0 Å². The number of nitrogens with two attached hydrogens (primary N) is 1. The number of aromatic nitrogens is 1. The molecule has 84 valence electrons. The Hall–Kier alpha value is -0.870. The highest BCUT2D eigenvalue weighted by Crippen LogP contribution is 2.36. The molecule has 0 radical (unpaired) electrons. The fourth-order valence-corrected chi connectivity index (χ4v) is 2.77. The molecule has 2 rings (SSSR count). The summed E-state index contributed by atoms with van der Waals surface area (Å²) in [7, 11) is 0. The average molecular weight is 297 g/mol. The van der Waals surface area contributed by atoms with Crippen molar-refractivity contribution in [3.05, 3.63) is 33.7 Å². The fourth-order valence-electron chi connectivity index (χ4n) is 1.44. The van der Waals surface area contributed by atoms with E-state index in [-0.39, 0.29) is 0 Å². The molecule has 0 aliphatic carbocycles. The molecule has 0 amide bonds. The summed E-state index contributed by atoms with van der Waals surface area (Å²) in [4.78, 5) is 4.60. The zero-order valence-electron chi connectivity index (χ0n) is 9.20. The second-order valence-corrected chi connectivity index (χ2v) is 5.82. The lowest BCUT2D eigenvalue weighted by molar-refractivity contribution is 0.853. The van der Waals surface area contributed by atoms with Crippen molar-refractivity contribution < 1.29 is 0 Å². The molecule has 4 heteroatoms. The first-order valence-electron chi connectivity index (χ1n) is 5.10. The molecule has 0 fully saturated rings. The summed E-state index contributed by atoms with van der Waals surface area (Å²) in [5.41, 5.74) is 7.96. The summed E-state index contributed by atoms with van der Waals surface area (Å²) in [6.07, 6.45) is 0. The topological polar surface area (TPSA) is 38.9 Å². The molecule has 2 N–H and O–H groups in total. The largest absolute Gasteiger partial charge is 0.389 e. The number of benzene rings is 1. The number of thiazole rings is 1. The Morgan fingerprint density at radius 3 is 2.56 bits per heavy atom. The van der Waals surface area contributed by atoms with Crippen molar-refractivity contribution in [3.63, 3.8) is 0 Å². The van der Waals surface area contributed by atoms with Crippen molar-refractivity contribution in [1.29, 1.82) is 0 Å². The van der Waals surface area contributed by atoms with Crippen molar-refractivity contribution in [2.45, 2.75) is 19.8 Å². The van der Waals surface area contributed by atoms with E-state index in [0.29, 0.717) is 5.92 Å². The van der Waals surface area contributed by atoms with E-state index in [1.54, 1.807) is 11.3 Å². The lowest BCUT2D eigenvalue weighted by Crippen LogP contribution is -1.88. The minimum absolute atomic E-state index is 0.420. The number of nitrogens with zero attached hydrogens (tertiary/aromatic N) is 1. The summed E-state index contributed by atoms with van der Waals surface area (Å²) in [5, 5.41) is 1.87. The van der Waals surface area contributed by atoms with Crippen LogP contribution in [0.5, 0.6) is 0 Å².